The van der Waals surface area contributed by atoms with E-state index in [1.54, 1.807) is 54.5 Å². The first-order chi connectivity index (χ1) is 15.4. The predicted octanol–water partition coefficient (Wildman–Crippen LogP) is 5.24. The fraction of sp³-hybridized carbons (Fsp3) is 0.304. The Kier molecular flexibility index (Phi) is 8.75. The molecule has 0 N–H and O–H groups in total. The first-order valence-electron chi connectivity index (χ1n) is 9.95. The lowest BCUT2D eigenvalue weighted by Gasteiger charge is -2.24. The average molecular weight is 494 g/mol. The van der Waals surface area contributed by atoms with Crippen LogP contribution in [0.2, 0.25) is 10.0 Å². The molecular weight excluding hydrogens is 469 g/mol. The summed E-state index contributed by atoms with van der Waals surface area (Å²) < 4.78 is 11.0. The van der Waals surface area contributed by atoms with Gasteiger partial charge in [0, 0.05) is 35.1 Å². The molecule has 0 aliphatic carbocycles. The normalized spacial score (nSPS) is 10.9. The van der Waals surface area contributed by atoms with Crippen LogP contribution < -0.4 is 9.47 Å². The van der Waals surface area contributed by atoms with Crippen LogP contribution in [0.4, 0.5) is 0 Å². The lowest BCUT2D eigenvalue weighted by molar-refractivity contribution is 0.0730. The molecule has 0 aliphatic rings. The molecule has 3 aromatic rings. The maximum atomic E-state index is 13.1. The van der Waals surface area contributed by atoms with E-state index in [4.69, 9.17) is 32.7 Å². The number of hydrogen-bond donors (Lipinski definition) is 0. The molecule has 0 saturated carbocycles. The van der Waals surface area contributed by atoms with E-state index >= 15 is 0 Å². The molecule has 0 fully saturated rings. The summed E-state index contributed by atoms with van der Waals surface area (Å²) in [5.41, 5.74) is 1.42. The van der Waals surface area contributed by atoms with Gasteiger partial charge in [0.15, 0.2) is 0 Å². The molecule has 1 heterocycles. The third-order valence-corrected chi connectivity index (χ3v) is 6.06. The summed E-state index contributed by atoms with van der Waals surface area (Å²) in [6.07, 6.45) is 0. The van der Waals surface area contributed by atoms with Gasteiger partial charge in [-0.1, -0.05) is 23.2 Å². The second-order valence-electron chi connectivity index (χ2n) is 7.35. The minimum absolute atomic E-state index is 0.0500. The van der Waals surface area contributed by atoms with Crippen molar-refractivity contribution in [3.8, 4) is 11.5 Å². The molecule has 0 unspecified atom stereocenters. The minimum atomic E-state index is -0.0500. The van der Waals surface area contributed by atoms with Gasteiger partial charge >= 0.3 is 0 Å². The van der Waals surface area contributed by atoms with Crippen LogP contribution in [0.25, 0.3) is 0 Å². The molecule has 0 spiro atoms. The van der Waals surface area contributed by atoms with Gasteiger partial charge in [0.05, 0.1) is 24.4 Å². The van der Waals surface area contributed by atoms with E-state index < -0.39 is 0 Å². The SMILES string of the molecule is COc1ccc(C(=O)N(CCN(C)C)Cc2csc(COc3cc(Cl)ccc3Cl)n2)cc1. The molecule has 0 aliphatic heterocycles. The molecule has 1 aromatic heterocycles. The molecule has 0 atom stereocenters. The second-order valence-corrected chi connectivity index (χ2v) is 9.14. The summed E-state index contributed by atoms with van der Waals surface area (Å²) in [4.78, 5) is 21.6. The van der Waals surface area contributed by atoms with Crippen LogP contribution in [0.3, 0.4) is 0 Å². The van der Waals surface area contributed by atoms with E-state index in [0.717, 1.165) is 17.2 Å². The molecular formula is C23H25Cl2N3O3S. The number of nitrogens with zero attached hydrogens (tertiary/aromatic N) is 3. The lowest BCUT2D eigenvalue weighted by atomic mass is 10.2. The fourth-order valence-corrected chi connectivity index (χ4v) is 3.93. The largest absolute Gasteiger partial charge is 0.497 e. The highest BCUT2D eigenvalue weighted by molar-refractivity contribution is 7.09. The van der Waals surface area contributed by atoms with Crippen LogP contribution in [0.5, 0.6) is 11.5 Å². The number of halogens is 2. The number of carbonyl (C=O) groups is 1. The molecule has 1 amide bonds. The summed E-state index contributed by atoms with van der Waals surface area (Å²) >= 11 is 13.6. The van der Waals surface area contributed by atoms with E-state index in [9.17, 15) is 4.79 Å². The Morgan fingerprint density at radius 1 is 1.09 bits per heavy atom. The standard InChI is InChI=1S/C23H25Cl2N3O3S/c1-27(2)10-11-28(23(29)16-4-7-19(30-3)8-5-16)13-18-15-32-22(26-18)14-31-21-12-17(24)6-9-20(21)25/h4-9,12,15H,10-11,13-14H2,1-3H3. The molecule has 0 radical (unpaired) electrons. The Bertz CT molecular complexity index is 1040. The number of rotatable bonds is 10. The van der Waals surface area contributed by atoms with E-state index in [2.05, 4.69) is 4.98 Å². The van der Waals surface area contributed by atoms with Crippen LogP contribution in [0, 0.1) is 0 Å². The number of hydrogen-bond acceptors (Lipinski definition) is 6. The lowest BCUT2D eigenvalue weighted by Crippen LogP contribution is -2.36. The highest BCUT2D eigenvalue weighted by atomic mass is 35.5. The number of amides is 1. The number of carbonyl (C=O) groups excluding carboxylic acids is 1. The van der Waals surface area contributed by atoms with Gasteiger partial charge in [-0.15, -0.1) is 11.3 Å². The summed E-state index contributed by atoms with van der Waals surface area (Å²) in [7, 11) is 5.56. The van der Waals surface area contributed by atoms with Crippen molar-refractivity contribution in [3.63, 3.8) is 0 Å². The first kappa shape index (κ1) is 24.3. The first-order valence-corrected chi connectivity index (χ1v) is 11.6. The Morgan fingerprint density at radius 3 is 2.53 bits per heavy atom. The quantitative estimate of drug-likeness (QED) is 0.386. The summed E-state index contributed by atoms with van der Waals surface area (Å²) in [6, 6.07) is 12.2. The van der Waals surface area contributed by atoms with Crippen molar-refractivity contribution in [2.24, 2.45) is 0 Å². The van der Waals surface area contributed by atoms with Crippen LogP contribution in [-0.2, 0) is 13.2 Å². The maximum Gasteiger partial charge on any atom is 0.254 e. The number of methoxy groups -OCH3 is 1. The third kappa shape index (κ3) is 6.84. The van der Waals surface area contributed by atoms with Crippen molar-refractivity contribution in [2.75, 3.05) is 34.3 Å². The zero-order valence-corrected chi connectivity index (χ0v) is 20.5. The fourth-order valence-electron chi connectivity index (χ4n) is 2.90. The van der Waals surface area contributed by atoms with Gasteiger partial charge in [-0.05, 0) is 50.5 Å². The molecule has 0 bridgehead atoms. The monoisotopic (exact) mass is 493 g/mol. The Hall–Kier alpha value is -2.32. The van der Waals surface area contributed by atoms with Gasteiger partial charge in [-0.25, -0.2) is 4.98 Å². The number of benzene rings is 2. The van der Waals surface area contributed by atoms with Crippen LogP contribution >= 0.6 is 34.5 Å². The van der Waals surface area contributed by atoms with Crippen molar-refractivity contribution in [2.45, 2.75) is 13.2 Å². The van der Waals surface area contributed by atoms with Gasteiger partial charge in [-0.3, -0.25) is 4.79 Å². The minimum Gasteiger partial charge on any atom is -0.497 e. The van der Waals surface area contributed by atoms with Gasteiger partial charge < -0.3 is 19.3 Å². The molecule has 2 aromatic carbocycles. The molecule has 0 saturated heterocycles. The number of thiazole rings is 1. The van der Waals surface area contributed by atoms with Crippen molar-refractivity contribution < 1.29 is 14.3 Å². The van der Waals surface area contributed by atoms with Crippen LogP contribution in [0.15, 0.2) is 47.8 Å². The van der Waals surface area contributed by atoms with E-state index in [1.165, 1.54) is 11.3 Å². The highest BCUT2D eigenvalue weighted by Gasteiger charge is 2.18. The molecule has 32 heavy (non-hydrogen) atoms. The van der Waals surface area contributed by atoms with Gasteiger partial charge in [0.2, 0.25) is 0 Å². The Balaban J connectivity index is 1.68. The van der Waals surface area contributed by atoms with Gasteiger partial charge in [0.1, 0.15) is 23.1 Å². The van der Waals surface area contributed by atoms with E-state index in [0.29, 0.717) is 40.2 Å². The smallest absolute Gasteiger partial charge is 0.254 e. The van der Waals surface area contributed by atoms with Crippen molar-refractivity contribution in [3.05, 3.63) is 74.2 Å². The molecule has 3 rings (SSSR count). The van der Waals surface area contributed by atoms with Crippen molar-refractivity contribution in [1.82, 2.24) is 14.8 Å². The second kappa shape index (κ2) is 11.5. The Morgan fingerprint density at radius 2 is 1.84 bits per heavy atom. The molecule has 6 nitrogen and oxygen atoms in total. The maximum absolute atomic E-state index is 13.1. The zero-order chi connectivity index (χ0) is 23.1. The number of ether oxygens (including phenoxy) is 2. The summed E-state index contributed by atoms with van der Waals surface area (Å²) in [5, 5.41) is 3.78. The zero-order valence-electron chi connectivity index (χ0n) is 18.2. The van der Waals surface area contributed by atoms with Crippen LogP contribution in [-0.4, -0.2) is 55.0 Å². The average Bonchev–Trinajstić information content (AvgIpc) is 3.24. The summed E-state index contributed by atoms with van der Waals surface area (Å²) in [5.74, 6) is 1.18. The van der Waals surface area contributed by atoms with E-state index in [-0.39, 0.29) is 12.5 Å². The highest BCUT2D eigenvalue weighted by Crippen LogP contribution is 2.28. The number of aromatic nitrogens is 1. The van der Waals surface area contributed by atoms with Gasteiger partial charge in [0.25, 0.3) is 5.91 Å². The molecule has 170 valence electrons. The molecule has 9 heteroatoms. The van der Waals surface area contributed by atoms with Gasteiger partial charge in [-0.2, -0.15) is 0 Å². The predicted molar refractivity (Wildman–Crippen MR) is 129 cm³/mol. The van der Waals surface area contributed by atoms with Crippen LogP contribution in [0.1, 0.15) is 21.1 Å². The third-order valence-electron chi connectivity index (χ3n) is 4.64. The summed E-state index contributed by atoms with van der Waals surface area (Å²) in [6.45, 7) is 2.01. The van der Waals surface area contributed by atoms with E-state index in [1.807, 2.05) is 24.4 Å². The number of likely N-dealkylation sites (N-methyl/N-ethyl adjacent to an activating group) is 1. The topological polar surface area (TPSA) is 54.9 Å². The van der Waals surface area contributed by atoms with Crippen molar-refractivity contribution >= 4 is 40.4 Å². The Labute approximate surface area is 202 Å². The van der Waals surface area contributed by atoms with Crippen molar-refractivity contribution in [1.29, 1.82) is 0 Å².